The van der Waals surface area contributed by atoms with Crippen LogP contribution in [-0.4, -0.2) is 34.7 Å². The van der Waals surface area contributed by atoms with Crippen molar-refractivity contribution in [2.45, 2.75) is 6.92 Å². The highest BCUT2D eigenvalue weighted by Gasteiger charge is 2.12. The normalized spacial score (nSPS) is 9.92. The van der Waals surface area contributed by atoms with E-state index in [0.717, 1.165) is 5.69 Å². The average Bonchev–Trinajstić information content (AvgIpc) is 2.49. The van der Waals surface area contributed by atoms with Crippen molar-refractivity contribution >= 4 is 5.91 Å². The number of nitrogens with two attached hydrogens (primary N) is 1. The van der Waals surface area contributed by atoms with Crippen LogP contribution in [0.2, 0.25) is 0 Å². The number of aryl methyl sites for hydroxylation is 1. The Hall–Kier alpha value is -1.36. The van der Waals surface area contributed by atoms with Gasteiger partial charge >= 0.3 is 0 Å². The summed E-state index contributed by atoms with van der Waals surface area (Å²) in [7, 11) is 1.63. The maximum absolute atomic E-state index is 11.4. The zero-order valence-electron chi connectivity index (χ0n) is 7.16. The Bertz CT molecular complexity index is 281. The van der Waals surface area contributed by atoms with Crippen LogP contribution < -0.4 is 5.73 Å². The molecule has 0 saturated heterocycles. The van der Waals surface area contributed by atoms with E-state index in [2.05, 4.69) is 10.2 Å². The molecule has 0 bridgehead atoms. The fourth-order valence-corrected chi connectivity index (χ4v) is 0.806. The molecule has 1 rings (SSSR count). The molecule has 1 aromatic heterocycles. The predicted octanol–water partition coefficient (Wildman–Crippen LogP) is -0.294. The lowest BCUT2D eigenvalue weighted by Crippen LogP contribution is -2.32. The zero-order chi connectivity index (χ0) is 9.14. The Morgan fingerprint density at radius 3 is 2.92 bits per heavy atom. The van der Waals surface area contributed by atoms with E-state index in [1.807, 2.05) is 6.92 Å². The molecule has 0 fully saturated rings. The van der Waals surface area contributed by atoms with E-state index in [9.17, 15) is 4.79 Å². The third-order valence-electron chi connectivity index (χ3n) is 1.55. The monoisotopic (exact) mass is 168 g/mol. The molecule has 0 unspecified atom stereocenters. The van der Waals surface area contributed by atoms with Crippen molar-refractivity contribution in [3.05, 3.63) is 17.5 Å². The van der Waals surface area contributed by atoms with E-state index >= 15 is 0 Å². The van der Waals surface area contributed by atoms with Crippen LogP contribution in [0.15, 0.2) is 6.07 Å². The highest BCUT2D eigenvalue weighted by molar-refractivity contribution is 5.92. The zero-order valence-corrected chi connectivity index (χ0v) is 7.16. The molecular weight excluding hydrogens is 156 g/mol. The number of aromatic amines is 1. The molecule has 0 aliphatic rings. The van der Waals surface area contributed by atoms with E-state index < -0.39 is 0 Å². The molecule has 0 aromatic carbocycles. The molecule has 3 N–H and O–H groups in total. The Balaban J connectivity index is 2.78. The van der Waals surface area contributed by atoms with Crippen LogP contribution >= 0.6 is 0 Å². The fourth-order valence-electron chi connectivity index (χ4n) is 0.806. The van der Waals surface area contributed by atoms with Gasteiger partial charge in [0.15, 0.2) is 0 Å². The van der Waals surface area contributed by atoms with Crippen LogP contribution in [0.3, 0.4) is 0 Å². The maximum atomic E-state index is 11.4. The lowest BCUT2D eigenvalue weighted by molar-refractivity contribution is 0.0793. The Kier molecular flexibility index (Phi) is 2.44. The van der Waals surface area contributed by atoms with Crippen molar-refractivity contribution < 1.29 is 4.79 Å². The van der Waals surface area contributed by atoms with Crippen LogP contribution in [0.1, 0.15) is 16.2 Å². The molecule has 0 aliphatic heterocycles. The molecule has 1 heterocycles. The van der Waals surface area contributed by atoms with Crippen LogP contribution in [0.25, 0.3) is 0 Å². The number of carbonyl (C=O) groups excluding carboxylic acids is 1. The van der Waals surface area contributed by atoms with Gasteiger partial charge in [0.05, 0.1) is 6.67 Å². The highest BCUT2D eigenvalue weighted by atomic mass is 16.2. The SMILES string of the molecule is Cc1cc(C(=O)N(C)CN)n[nH]1. The van der Waals surface area contributed by atoms with Gasteiger partial charge in [-0.05, 0) is 13.0 Å². The van der Waals surface area contributed by atoms with Gasteiger partial charge in [0.2, 0.25) is 0 Å². The van der Waals surface area contributed by atoms with Crippen molar-refractivity contribution in [3.63, 3.8) is 0 Å². The summed E-state index contributed by atoms with van der Waals surface area (Å²) in [4.78, 5) is 12.8. The summed E-state index contributed by atoms with van der Waals surface area (Å²) in [6, 6.07) is 1.69. The van der Waals surface area contributed by atoms with Crippen LogP contribution in [0.4, 0.5) is 0 Å². The molecule has 0 aliphatic carbocycles. The second-order valence-electron chi connectivity index (χ2n) is 2.62. The first kappa shape index (κ1) is 8.73. The molecule has 0 radical (unpaired) electrons. The van der Waals surface area contributed by atoms with Crippen molar-refractivity contribution in [2.24, 2.45) is 5.73 Å². The molecule has 1 aromatic rings. The van der Waals surface area contributed by atoms with Gasteiger partial charge in [-0.2, -0.15) is 5.10 Å². The second-order valence-corrected chi connectivity index (χ2v) is 2.62. The predicted molar refractivity (Wildman–Crippen MR) is 44.5 cm³/mol. The smallest absolute Gasteiger partial charge is 0.275 e. The standard InChI is InChI=1S/C7H12N4O/c1-5-3-6(10-9-5)7(12)11(2)4-8/h3H,4,8H2,1-2H3,(H,9,10). The van der Waals surface area contributed by atoms with Gasteiger partial charge in [-0.1, -0.05) is 0 Å². The minimum atomic E-state index is -0.165. The third kappa shape index (κ3) is 1.62. The van der Waals surface area contributed by atoms with Gasteiger partial charge in [-0.25, -0.2) is 0 Å². The summed E-state index contributed by atoms with van der Waals surface area (Å²) in [5, 5.41) is 6.50. The van der Waals surface area contributed by atoms with Gasteiger partial charge < -0.3 is 10.6 Å². The van der Waals surface area contributed by atoms with Crippen molar-refractivity contribution in [1.29, 1.82) is 0 Å². The summed E-state index contributed by atoms with van der Waals surface area (Å²) in [5.74, 6) is -0.165. The molecule has 0 saturated carbocycles. The molecule has 5 nitrogen and oxygen atoms in total. The maximum Gasteiger partial charge on any atom is 0.275 e. The molecule has 12 heavy (non-hydrogen) atoms. The highest BCUT2D eigenvalue weighted by Crippen LogP contribution is 2.00. The second kappa shape index (κ2) is 3.36. The van der Waals surface area contributed by atoms with E-state index in [4.69, 9.17) is 5.73 Å². The summed E-state index contributed by atoms with van der Waals surface area (Å²) < 4.78 is 0. The largest absolute Gasteiger partial charge is 0.328 e. The number of hydrogen-bond donors (Lipinski definition) is 2. The van der Waals surface area contributed by atoms with E-state index in [0.29, 0.717) is 5.69 Å². The summed E-state index contributed by atoms with van der Waals surface area (Å²) in [6.07, 6.45) is 0. The number of rotatable bonds is 2. The van der Waals surface area contributed by atoms with Gasteiger partial charge in [-0.15, -0.1) is 0 Å². The average molecular weight is 168 g/mol. The molecule has 1 amide bonds. The Morgan fingerprint density at radius 2 is 2.50 bits per heavy atom. The summed E-state index contributed by atoms with van der Waals surface area (Å²) >= 11 is 0. The molecule has 0 atom stereocenters. The molecular formula is C7H12N4O. The lowest BCUT2D eigenvalue weighted by Gasteiger charge is -2.11. The minimum Gasteiger partial charge on any atom is -0.328 e. The van der Waals surface area contributed by atoms with Gasteiger partial charge in [-0.3, -0.25) is 9.89 Å². The van der Waals surface area contributed by atoms with Crippen LogP contribution in [0.5, 0.6) is 0 Å². The fraction of sp³-hybridized carbons (Fsp3) is 0.429. The van der Waals surface area contributed by atoms with Crippen molar-refractivity contribution in [3.8, 4) is 0 Å². The van der Waals surface area contributed by atoms with Crippen LogP contribution in [-0.2, 0) is 0 Å². The number of amides is 1. The van der Waals surface area contributed by atoms with Crippen LogP contribution in [0, 0.1) is 6.92 Å². The Morgan fingerprint density at radius 1 is 1.83 bits per heavy atom. The van der Waals surface area contributed by atoms with Crippen molar-refractivity contribution in [2.75, 3.05) is 13.7 Å². The first-order valence-electron chi connectivity index (χ1n) is 3.62. The number of hydrogen-bond acceptors (Lipinski definition) is 3. The first-order chi connectivity index (χ1) is 5.65. The van der Waals surface area contributed by atoms with E-state index in [-0.39, 0.29) is 12.6 Å². The molecule has 0 spiro atoms. The minimum absolute atomic E-state index is 0.165. The van der Waals surface area contributed by atoms with Gasteiger partial charge in [0, 0.05) is 12.7 Å². The number of H-pyrrole nitrogens is 1. The number of aromatic nitrogens is 2. The third-order valence-corrected chi connectivity index (χ3v) is 1.55. The van der Waals surface area contributed by atoms with E-state index in [1.54, 1.807) is 13.1 Å². The summed E-state index contributed by atoms with van der Waals surface area (Å²) in [5.41, 5.74) is 6.55. The molecule has 66 valence electrons. The quantitative estimate of drug-likeness (QED) is 0.596. The Labute approximate surface area is 70.5 Å². The first-order valence-corrected chi connectivity index (χ1v) is 3.62. The number of nitrogens with zero attached hydrogens (tertiary/aromatic N) is 2. The number of carbonyl (C=O) groups is 1. The van der Waals surface area contributed by atoms with Crippen molar-refractivity contribution in [1.82, 2.24) is 15.1 Å². The summed E-state index contributed by atoms with van der Waals surface area (Å²) in [6.45, 7) is 2.04. The topological polar surface area (TPSA) is 75.0 Å². The number of nitrogens with one attached hydrogen (secondary N) is 1. The van der Waals surface area contributed by atoms with Gasteiger partial charge in [0.1, 0.15) is 5.69 Å². The molecule has 5 heteroatoms. The van der Waals surface area contributed by atoms with E-state index in [1.165, 1.54) is 4.90 Å². The lowest BCUT2D eigenvalue weighted by atomic mass is 10.3. The van der Waals surface area contributed by atoms with Gasteiger partial charge in [0.25, 0.3) is 5.91 Å².